The third kappa shape index (κ3) is 5.67. The first-order valence-electron chi connectivity index (χ1n) is 6.69. The van der Waals surface area contributed by atoms with Gasteiger partial charge in [0.05, 0.1) is 18.8 Å². The van der Waals surface area contributed by atoms with Gasteiger partial charge < -0.3 is 19.6 Å². The number of aliphatic hydroxyl groups is 1. The number of hydrogen-bond donors (Lipinski definition) is 2. The average molecular weight is 255 g/mol. The van der Waals surface area contributed by atoms with Crippen molar-refractivity contribution in [2.75, 3.05) is 19.8 Å². The van der Waals surface area contributed by atoms with E-state index in [1.807, 2.05) is 26.0 Å². The predicted octanol–water partition coefficient (Wildman–Crippen LogP) is 2.42. The van der Waals surface area contributed by atoms with Crippen molar-refractivity contribution in [2.24, 2.45) is 0 Å². The van der Waals surface area contributed by atoms with Gasteiger partial charge >= 0.3 is 0 Å². The normalized spacial score (nSPS) is 14.7. The van der Waals surface area contributed by atoms with Crippen LogP contribution in [0.15, 0.2) is 16.5 Å². The van der Waals surface area contributed by atoms with E-state index in [1.54, 1.807) is 0 Å². The maximum Gasteiger partial charge on any atom is 0.120 e. The highest BCUT2D eigenvalue weighted by Gasteiger charge is 2.11. The Labute approximate surface area is 109 Å². The van der Waals surface area contributed by atoms with Gasteiger partial charge in [-0.2, -0.15) is 0 Å². The molecule has 0 aliphatic rings. The molecule has 1 rings (SSSR count). The summed E-state index contributed by atoms with van der Waals surface area (Å²) in [6.07, 6.45) is 1.69. The number of hydrogen-bond acceptors (Lipinski definition) is 4. The van der Waals surface area contributed by atoms with Crippen LogP contribution in [0.25, 0.3) is 0 Å². The van der Waals surface area contributed by atoms with Crippen molar-refractivity contribution >= 4 is 0 Å². The molecule has 2 atom stereocenters. The molecule has 0 radical (unpaired) electrons. The molecular formula is C14H25NO3. The number of nitrogens with one attached hydrogen (secondary N) is 1. The molecule has 0 aliphatic heterocycles. The van der Waals surface area contributed by atoms with Gasteiger partial charge in [-0.25, -0.2) is 0 Å². The Morgan fingerprint density at radius 2 is 2.22 bits per heavy atom. The molecule has 4 heteroatoms. The van der Waals surface area contributed by atoms with Crippen LogP contribution >= 0.6 is 0 Å². The van der Waals surface area contributed by atoms with E-state index in [0.29, 0.717) is 13.2 Å². The van der Waals surface area contributed by atoms with Crippen LogP contribution in [0.3, 0.4) is 0 Å². The zero-order chi connectivity index (χ0) is 13.4. The van der Waals surface area contributed by atoms with Gasteiger partial charge in [-0.15, -0.1) is 0 Å². The van der Waals surface area contributed by atoms with Crippen molar-refractivity contribution in [3.8, 4) is 0 Å². The maximum absolute atomic E-state index is 9.73. The molecule has 4 nitrogen and oxygen atoms in total. The molecule has 0 bridgehead atoms. The van der Waals surface area contributed by atoms with Crippen LogP contribution in [0.2, 0.25) is 0 Å². The molecule has 0 saturated carbocycles. The fraction of sp³-hybridized carbons (Fsp3) is 0.714. The zero-order valence-corrected chi connectivity index (χ0v) is 11.6. The topological polar surface area (TPSA) is 54.6 Å². The van der Waals surface area contributed by atoms with Crippen molar-refractivity contribution < 1.29 is 14.3 Å². The molecular weight excluding hydrogens is 230 g/mol. The van der Waals surface area contributed by atoms with Crippen molar-refractivity contribution in [1.82, 2.24) is 5.32 Å². The minimum atomic E-state index is -0.472. The molecule has 0 aromatic carbocycles. The maximum atomic E-state index is 9.73. The third-order valence-corrected chi connectivity index (χ3v) is 2.80. The fourth-order valence-corrected chi connectivity index (χ4v) is 1.62. The Morgan fingerprint density at radius 3 is 2.83 bits per heavy atom. The van der Waals surface area contributed by atoms with Crippen LogP contribution in [0.4, 0.5) is 0 Å². The van der Waals surface area contributed by atoms with Gasteiger partial charge in [0.2, 0.25) is 0 Å². The van der Waals surface area contributed by atoms with E-state index >= 15 is 0 Å². The first kappa shape index (κ1) is 15.2. The van der Waals surface area contributed by atoms with Gasteiger partial charge in [-0.1, -0.05) is 13.3 Å². The summed E-state index contributed by atoms with van der Waals surface area (Å²) in [7, 11) is 0. The average Bonchev–Trinajstić information content (AvgIpc) is 2.78. The number of aliphatic hydroxyl groups excluding tert-OH is 1. The van der Waals surface area contributed by atoms with E-state index in [1.165, 1.54) is 0 Å². The molecule has 0 spiro atoms. The molecule has 2 N–H and O–H groups in total. The first-order valence-corrected chi connectivity index (χ1v) is 6.69. The predicted molar refractivity (Wildman–Crippen MR) is 71.6 cm³/mol. The molecule has 0 saturated heterocycles. The highest BCUT2D eigenvalue weighted by molar-refractivity contribution is 5.08. The number of aryl methyl sites for hydroxylation is 1. The third-order valence-electron chi connectivity index (χ3n) is 2.80. The molecule has 104 valence electrons. The Hall–Kier alpha value is -0.840. The van der Waals surface area contributed by atoms with E-state index in [2.05, 4.69) is 12.2 Å². The second kappa shape index (κ2) is 8.29. The second-order valence-corrected chi connectivity index (χ2v) is 4.66. The minimum Gasteiger partial charge on any atom is -0.465 e. The van der Waals surface area contributed by atoms with Crippen LogP contribution in [-0.4, -0.2) is 31.0 Å². The lowest BCUT2D eigenvalue weighted by Crippen LogP contribution is -2.32. The highest BCUT2D eigenvalue weighted by atomic mass is 16.5. The first-order chi connectivity index (χ1) is 8.63. The van der Waals surface area contributed by atoms with Crippen LogP contribution in [0.1, 0.15) is 44.3 Å². The Balaban J connectivity index is 2.15. The summed E-state index contributed by atoms with van der Waals surface area (Å²) in [5.74, 6) is 1.80. The smallest absolute Gasteiger partial charge is 0.120 e. The Bertz CT molecular complexity index is 325. The lowest BCUT2D eigenvalue weighted by Gasteiger charge is -2.15. The van der Waals surface area contributed by atoms with Crippen molar-refractivity contribution in [3.05, 3.63) is 23.7 Å². The Kier molecular flexibility index (Phi) is 7.01. The zero-order valence-electron chi connectivity index (χ0n) is 11.6. The van der Waals surface area contributed by atoms with Gasteiger partial charge in [0.1, 0.15) is 11.5 Å². The molecule has 0 amide bonds. The molecule has 0 aliphatic carbocycles. The molecule has 1 aromatic rings. The van der Waals surface area contributed by atoms with Crippen LogP contribution in [0, 0.1) is 6.92 Å². The summed E-state index contributed by atoms with van der Waals surface area (Å²) < 4.78 is 10.9. The van der Waals surface area contributed by atoms with Gasteiger partial charge in [0.25, 0.3) is 0 Å². The SMILES string of the molecule is CCCCOCC(O)CNC(C)c1ccc(C)o1. The van der Waals surface area contributed by atoms with Crippen molar-refractivity contribution in [3.63, 3.8) is 0 Å². The Morgan fingerprint density at radius 1 is 1.44 bits per heavy atom. The largest absolute Gasteiger partial charge is 0.465 e. The van der Waals surface area contributed by atoms with Crippen LogP contribution in [-0.2, 0) is 4.74 Å². The number of furan rings is 1. The minimum absolute atomic E-state index is 0.101. The summed E-state index contributed by atoms with van der Waals surface area (Å²) in [5, 5.41) is 13.0. The van der Waals surface area contributed by atoms with E-state index in [4.69, 9.17) is 9.15 Å². The molecule has 1 heterocycles. The van der Waals surface area contributed by atoms with Crippen molar-refractivity contribution in [2.45, 2.75) is 45.8 Å². The summed E-state index contributed by atoms with van der Waals surface area (Å²) in [6.45, 7) is 7.67. The number of ether oxygens (including phenoxy) is 1. The monoisotopic (exact) mass is 255 g/mol. The van der Waals surface area contributed by atoms with Gasteiger partial charge in [0, 0.05) is 13.2 Å². The van der Waals surface area contributed by atoms with Crippen LogP contribution < -0.4 is 5.32 Å². The molecule has 0 fully saturated rings. The summed E-state index contributed by atoms with van der Waals surface area (Å²) in [5.41, 5.74) is 0. The van der Waals surface area contributed by atoms with E-state index in [0.717, 1.165) is 31.0 Å². The van der Waals surface area contributed by atoms with Gasteiger partial charge in [0.15, 0.2) is 0 Å². The quantitative estimate of drug-likeness (QED) is 0.665. The molecule has 1 aromatic heterocycles. The summed E-state index contributed by atoms with van der Waals surface area (Å²) in [4.78, 5) is 0. The molecule has 2 unspecified atom stereocenters. The second-order valence-electron chi connectivity index (χ2n) is 4.66. The number of rotatable bonds is 9. The van der Waals surface area contributed by atoms with E-state index < -0.39 is 6.10 Å². The van der Waals surface area contributed by atoms with Gasteiger partial charge in [-0.3, -0.25) is 0 Å². The van der Waals surface area contributed by atoms with Crippen LogP contribution in [0.5, 0.6) is 0 Å². The highest BCUT2D eigenvalue weighted by Crippen LogP contribution is 2.15. The van der Waals surface area contributed by atoms with Gasteiger partial charge in [-0.05, 0) is 32.4 Å². The van der Waals surface area contributed by atoms with Crippen molar-refractivity contribution in [1.29, 1.82) is 0 Å². The lowest BCUT2D eigenvalue weighted by molar-refractivity contribution is 0.0345. The molecule has 18 heavy (non-hydrogen) atoms. The van der Waals surface area contributed by atoms with E-state index in [9.17, 15) is 5.11 Å². The summed E-state index contributed by atoms with van der Waals surface area (Å²) >= 11 is 0. The summed E-state index contributed by atoms with van der Waals surface area (Å²) in [6, 6.07) is 4.00. The standard InChI is InChI=1S/C14H25NO3/c1-4-5-8-17-10-13(16)9-15-12(3)14-7-6-11(2)18-14/h6-7,12-13,15-16H,4-5,8-10H2,1-3H3. The lowest BCUT2D eigenvalue weighted by atomic mass is 10.2. The fourth-order valence-electron chi connectivity index (χ4n) is 1.62. The number of unbranched alkanes of at least 4 members (excludes halogenated alkanes) is 1. The van der Waals surface area contributed by atoms with E-state index in [-0.39, 0.29) is 6.04 Å².